The van der Waals surface area contributed by atoms with Gasteiger partial charge in [-0.15, -0.1) is 0 Å². The molecule has 0 radical (unpaired) electrons. The smallest absolute Gasteiger partial charge is 0.124 e. The van der Waals surface area contributed by atoms with Crippen LogP contribution in [0.25, 0.3) is 0 Å². The van der Waals surface area contributed by atoms with Crippen LogP contribution in [0.4, 0.5) is 0 Å². The molecule has 0 aliphatic heterocycles. The van der Waals surface area contributed by atoms with Crippen LogP contribution >= 0.6 is 0 Å². The van der Waals surface area contributed by atoms with Crippen LogP contribution in [-0.4, -0.2) is 35.7 Å². The first-order valence-corrected chi connectivity index (χ1v) is 8.06. The van der Waals surface area contributed by atoms with E-state index in [1.807, 2.05) is 0 Å². The van der Waals surface area contributed by atoms with Crippen molar-refractivity contribution in [3.63, 3.8) is 0 Å². The van der Waals surface area contributed by atoms with Crippen LogP contribution in [0.5, 0.6) is 11.5 Å². The minimum atomic E-state index is -0.613. The zero-order valence-corrected chi connectivity index (χ0v) is 14.3. The average Bonchev–Trinajstić information content (AvgIpc) is 2.60. The Morgan fingerprint density at radius 2 is 1.12 bits per heavy atom. The number of nitrogens with two attached hydrogens (primary N) is 4. The van der Waals surface area contributed by atoms with Gasteiger partial charge >= 0.3 is 0 Å². The van der Waals surface area contributed by atoms with E-state index < -0.39 is 12.3 Å². The van der Waals surface area contributed by atoms with Crippen LogP contribution in [-0.2, 0) is 0 Å². The summed E-state index contributed by atoms with van der Waals surface area (Å²) in [7, 11) is 0. The van der Waals surface area contributed by atoms with Gasteiger partial charge in [0.2, 0.25) is 0 Å². The molecule has 0 aliphatic carbocycles. The lowest BCUT2D eigenvalue weighted by atomic mass is 10.1. The zero-order valence-electron chi connectivity index (χ0n) is 14.3. The molecule has 8 heteroatoms. The first-order chi connectivity index (χ1) is 12.4. The van der Waals surface area contributed by atoms with Crippen LogP contribution in [0.2, 0.25) is 0 Å². The minimum Gasteiger partial charge on any atom is -0.507 e. The van der Waals surface area contributed by atoms with Gasteiger partial charge in [0.05, 0.1) is 25.4 Å². The van der Waals surface area contributed by atoms with E-state index in [4.69, 9.17) is 22.9 Å². The van der Waals surface area contributed by atoms with Crippen LogP contribution in [0.1, 0.15) is 34.6 Å². The molecule has 138 valence electrons. The molecule has 2 rings (SSSR count). The van der Waals surface area contributed by atoms with Crippen molar-refractivity contribution in [2.24, 2.45) is 32.9 Å². The fraction of sp³-hybridized carbons (Fsp3) is 0.222. The van der Waals surface area contributed by atoms with Gasteiger partial charge in [0.25, 0.3) is 0 Å². The molecule has 26 heavy (non-hydrogen) atoms. The topological polar surface area (TPSA) is 169 Å². The third kappa shape index (κ3) is 5.36. The molecule has 0 unspecified atom stereocenters. The second-order valence-corrected chi connectivity index (χ2v) is 5.76. The quantitative estimate of drug-likeness (QED) is 0.239. The summed E-state index contributed by atoms with van der Waals surface area (Å²) in [5.74, 6) is 0.197. The Hall–Kier alpha value is -2.78. The van der Waals surface area contributed by atoms with E-state index >= 15 is 0 Å². The zero-order chi connectivity index (χ0) is 19.1. The molecule has 0 fully saturated rings. The maximum atomic E-state index is 9.82. The summed E-state index contributed by atoms with van der Waals surface area (Å²) in [6.45, 7) is 0.817. The number of phenols is 2. The first-order valence-electron chi connectivity index (χ1n) is 8.06. The van der Waals surface area contributed by atoms with Crippen LogP contribution < -0.4 is 22.9 Å². The molecule has 0 aliphatic rings. The molecule has 8 nitrogen and oxygen atoms in total. The maximum absolute atomic E-state index is 9.82. The number of hydrogen-bond acceptors (Lipinski definition) is 8. The van der Waals surface area contributed by atoms with Gasteiger partial charge in [-0.25, -0.2) is 0 Å². The van der Waals surface area contributed by atoms with Gasteiger partial charge in [0.15, 0.2) is 0 Å². The van der Waals surface area contributed by atoms with Gasteiger partial charge in [-0.1, -0.05) is 12.1 Å². The Kier molecular flexibility index (Phi) is 6.81. The minimum absolute atomic E-state index is 0.0986. The number of rotatable bonds is 7. The van der Waals surface area contributed by atoms with Crippen molar-refractivity contribution in [3.05, 3.63) is 58.7 Å². The summed E-state index contributed by atoms with van der Waals surface area (Å²) in [6, 6.07) is 9.75. The van der Waals surface area contributed by atoms with Crippen molar-refractivity contribution >= 4 is 12.4 Å². The molecule has 0 saturated carbocycles. The molecule has 0 heterocycles. The van der Waals surface area contributed by atoms with Gasteiger partial charge in [0.1, 0.15) is 11.5 Å². The lowest BCUT2D eigenvalue weighted by Gasteiger charge is -2.07. The predicted molar refractivity (Wildman–Crippen MR) is 103 cm³/mol. The van der Waals surface area contributed by atoms with Crippen LogP contribution in [0, 0.1) is 0 Å². The molecular weight excluding hydrogens is 332 g/mol. The first kappa shape index (κ1) is 19.5. The highest BCUT2D eigenvalue weighted by atomic mass is 16.3. The molecule has 2 aromatic carbocycles. The summed E-state index contributed by atoms with van der Waals surface area (Å²) in [5.41, 5.74) is 25.0. The van der Waals surface area contributed by atoms with E-state index in [9.17, 15) is 10.2 Å². The SMILES string of the molecule is NC(N)c1ccc(O)c(C=NCCN=Cc2cc(C(N)N)ccc2O)c1. The molecule has 0 amide bonds. The Morgan fingerprint density at radius 3 is 1.46 bits per heavy atom. The van der Waals surface area contributed by atoms with Gasteiger partial charge in [-0.3, -0.25) is 9.98 Å². The third-order valence-corrected chi connectivity index (χ3v) is 3.69. The number of aromatic hydroxyl groups is 2. The van der Waals surface area contributed by atoms with E-state index in [1.54, 1.807) is 36.7 Å². The molecule has 10 N–H and O–H groups in total. The Balaban J connectivity index is 1.95. The number of phenolic OH excluding ortho intramolecular Hbond substituents is 2. The number of benzene rings is 2. The predicted octanol–water partition coefficient (Wildman–Crippen LogP) is 0.468. The molecular formula is C18H24N6O2. The van der Waals surface area contributed by atoms with E-state index in [1.165, 1.54) is 12.1 Å². The Bertz CT molecular complexity index is 735. The van der Waals surface area contributed by atoms with Crippen molar-refractivity contribution < 1.29 is 10.2 Å². The monoisotopic (exact) mass is 356 g/mol. The highest BCUT2D eigenvalue weighted by Crippen LogP contribution is 2.19. The van der Waals surface area contributed by atoms with E-state index in [2.05, 4.69) is 9.98 Å². The molecule has 0 aromatic heterocycles. The highest BCUT2D eigenvalue weighted by molar-refractivity contribution is 5.84. The van der Waals surface area contributed by atoms with E-state index in [-0.39, 0.29) is 11.5 Å². The molecule has 0 saturated heterocycles. The number of aliphatic imine (C=N–C) groups is 2. The molecule has 0 spiro atoms. The highest BCUT2D eigenvalue weighted by Gasteiger charge is 2.05. The second kappa shape index (κ2) is 9.07. The second-order valence-electron chi connectivity index (χ2n) is 5.76. The maximum Gasteiger partial charge on any atom is 0.124 e. The molecule has 0 atom stereocenters. The summed E-state index contributed by atoms with van der Waals surface area (Å²) >= 11 is 0. The van der Waals surface area contributed by atoms with Crippen molar-refractivity contribution in [1.82, 2.24) is 0 Å². The third-order valence-electron chi connectivity index (χ3n) is 3.69. The summed E-state index contributed by atoms with van der Waals surface area (Å²) in [4.78, 5) is 8.44. The molecule has 2 aromatic rings. The van der Waals surface area contributed by atoms with Crippen molar-refractivity contribution in [3.8, 4) is 11.5 Å². The Morgan fingerprint density at radius 1 is 0.731 bits per heavy atom. The average molecular weight is 356 g/mol. The largest absolute Gasteiger partial charge is 0.507 e. The Labute approximate surface area is 151 Å². The van der Waals surface area contributed by atoms with Crippen LogP contribution in [0.3, 0.4) is 0 Å². The lowest BCUT2D eigenvalue weighted by Crippen LogP contribution is -2.20. The van der Waals surface area contributed by atoms with Crippen molar-refractivity contribution in [1.29, 1.82) is 0 Å². The molecule has 0 bridgehead atoms. The van der Waals surface area contributed by atoms with Gasteiger partial charge in [-0.2, -0.15) is 0 Å². The fourth-order valence-electron chi connectivity index (χ4n) is 2.21. The lowest BCUT2D eigenvalue weighted by molar-refractivity contribution is 0.473. The summed E-state index contributed by atoms with van der Waals surface area (Å²) in [6.07, 6.45) is 1.86. The standard InChI is InChI=1S/C18H24N6O2/c19-17(20)11-1-3-15(25)13(7-11)9-23-5-6-24-10-14-8-12(18(21)22)2-4-16(14)26/h1-4,7-10,17-18,25-26H,5-6,19-22H2. The van der Waals surface area contributed by atoms with Gasteiger partial charge in [0, 0.05) is 23.6 Å². The van der Waals surface area contributed by atoms with Gasteiger partial charge in [-0.05, 0) is 35.4 Å². The van der Waals surface area contributed by atoms with E-state index in [0.29, 0.717) is 35.3 Å². The number of nitrogens with zero attached hydrogens (tertiary/aromatic N) is 2. The van der Waals surface area contributed by atoms with E-state index in [0.717, 1.165) is 0 Å². The van der Waals surface area contributed by atoms with Crippen molar-refractivity contribution in [2.45, 2.75) is 12.3 Å². The summed E-state index contributed by atoms with van der Waals surface area (Å²) < 4.78 is 0. The van der Waals surface area contributed by atoms with Gasteiger partial charge < -0.3 is 33.1 Å². The number of hydrogen-bond donors (Lipinski definition) is 6. The normalized spacial score (nSPS) is 12.1. The van der Waals surface area contributed by atoms with Crippen LogP contribution in [0.15, 0.2) is 46.4 Å². The summed E-state index contributed by atoms with van der Waals surface area (Å²) in [5, 5.41) is 19.6. The fourth-order valence-corrected chi connectivity index (χ4v) is 2.21. The van der Waals surface area contributed by atoms with Crippen molar-refractivity contribution in [2.75, 3.05) is 13.1 Å².